The van der Waals surface area contributed by atoms with Crippen molar-refractivity contribution < 1.29 is 9.90 Å². The molecular formula is C17H24N2O2. The minimum Gasteiger partial charge on any atom is -0.393 e. The SMILES string of the molecule is Cc1cccc(NC(=O)[C@@]23CC[C@@](C)([C@H](O)C2)C3(C)C)n1. The highest BCUT2D eigenvalue weighted by Crippen LogP contribution is 2.72. The van der Waals surface area contributed by atoms with Gasteiger partial charge in [0.05, 0.1) is 11.5 Å². The first-order chi connectivity index (χ1) is 9.73. The highest BCUT2D eigenvalue weighted by Gasteiger charge is 2.72. The van der Waals surface area contributed by atoms with Crippen LogP contribution in [0.25, 0.3) is 0 Å². The number of pyridine rings is 1. The molecule has 0 saturated heterocycles. The van der Waals surface area contributed by atoms with Crippen LogP contribution in [0.3, 0.4) is 0 Å². The van der Waals surface area contributed by atoms with Crippen LogP contribution >= 0.6 is 0 Å². The number of nitrogens with zero attached hydrogens (tertiary/aromatic N) is 1. The van der Waals surface area contributed by atoms with Crippen molar-refractivity contribution in [2.24, 2.45) is 16.2 Å². The summed E-state index contributed by atoms with van der Waals surface area (Å²) >= 11 is 0. The summed E-state index contributed by atoms with van der Waals surface area (Å²) in [6.45, 7) is 8.27. The lowest BCUT2D eigenvalue weighted by Gasteiger charge is -2.40. The largest absolute Gasteiger partial charge is 0.393 e. The number of aromatic nitrogens is 1. The maximum Gasteiger partial charge on any atom is 0.232 e. The molecule has 0 aromatic carbocycles. The maximum atomic E-state index is 12.9. The second-order valence-corrected chi connectivity index (χ2v) is 7.46. The fourth-order valence-corrected chi connectivity index (χ4v) is 4.48. The Labute approximate surface area is 126 Å². The van der Waals surface area contributed by atoms with Gasteiger partial charge in [-0.25, -0.2) is 4.98 Å². The molecule has 2 aliphatic carbocycles. The lowest BCUT2D eigenvalue weighted by atomic mass is 9.64. The smallest absolute Gasteiger partial charge is 0.232 e. The van der Waals surface area contributed by atoms with E-state index in [0.717, 1.165) is 18.5 Å². The topological polar surface area (TPSA) is 62.2 Å². The summed E-state index contributed by atoms with van der Waals surface area (Å²) in [6.07, 6.45) is 1.88. The maximum absolute atomic E-state index is 12.9. The molecule has 21 heavy (non-hydrogen) atoms. The summed E-state index contributed by atoms with van der Waals surface area (Å²) in [5, 5.41) is 13.4. The molecule has 1 aromatic heterocycles. The van der Waals surface area contributed by atoms with Gasteiger partial charge >= 0.3 is 0 Å². The Bertz CT molecular complexity index is 598. The third-order valence-corrected chi connectivity index (χ3v) is 6.54. The molecule has 4 heteroatoms. The molecule has 1 amide bonds. The van der Waals surface area contributed by atoms with Gasteiger partial charge < -0.3 is 10.4 Å². The summed E-state index contributed by atoms with van der Waals surface area (Å²) in [4.78, 5) is 17.3. The molecule has 1 heterocycles. The zero-order chi connectivity index (χ0) is 15.5. The molecule has 0 aliphatic heterocycles. The van der Waals surface area contributed by atoms with Crippen LogP contribution in [-0.2, 0) is 4.79 Å². The minimum absolute atomic E-state index is 0.00544. The van der Waals surface area contributed by atoms with E-state index in [2.05, 4.69) is 31.1 Å². The van der Waals surface area contributed by atoms with Crippen molar-refractivity contribution in [2.75, 3.05) is 5.32 Å². The van der Waals surface area contributed by atoms with Crippen molar-refractivity contribution in [2.45, 2.75) is 53.1 Å². The summed E-state index contributed by atoms with van der Waals surface area (Å²) < 4.78 is 0. The Morgan fingerprint density at radius 2 is 2.05 bits per heavy atom. The van der Waals surface area contributed by atoms with Gasteiger partial charge in [-0.2, -0.15) is 0 Å². The number of carbonyl (C=O) groups is 1. The first kappa shape index (κ1) is 14.5. The number of aliphatic hydroxyl groups is 1. The zero-order valence-electron chi connectivity index (χ0n) is 13.2. The highest BCUT2D eigenvalue weighted by molar-refractivity contribution is 5.96. The van der Waals surface area contributed by atoms with Gasteiger partial charge in [0.15, 0.2) is 0 Å². The van der Waals surface area contributed by atoms with Crippen molar-refractivity contribution in [1.82, 2.24) is 4.98 Å². The van der Waals surface area contributed by atoms with Crippen LogP contribution in [0, 0.1) is 23.2 Å². The monoisotopic (exact) mass is 288 g/mol. The molecule has 2 fully saturated rings. The molecule has 3 atom stereocenters. The Morgan fingerprint density at radius 3 is 2.57 bits per heavy atom. The fourth-order valence-electron chi connectivity index (χ4n) is 4.48. The van der Waals surface area contributed by atoms with Gasteiger partial charge in [-0.1, -0.05) is 26.8 Å². The third kappa shape index (κ3) is 1.71. The van der Waals surface area contributed by atoms with Crippen molar-refractivity contribution in [3.8, 4) is 0 Å². The van der Waals surface area contributed by atoms with E-state index in [4.69, 9.17) is 0 Å². The van der Waals surface area contributed by atoms with E-state index in [0.29, 0.717) is 12.2 Å². The molecule has 0 unspecified atom stereocenters. The standard InChI is InChI=1S/C17H24N2O2/c1-11-6-5-7-13(18-11)19-14(21)17-9-8-16(4,12(20)10-17)15(17,2)3/h5-7,12,20H,8-10H2,1-4H3,(H,18,19,21)/t12-,16+,17-/m1/s1. The Hall–Kier alpha value is -1.42. The third-order valence-electron chi connectivity index (χ3n) is 6.54. The molecule has 2 N–H and O–H groups in total. The normalized spacial score (nSPS) is 36.7. The van der Waals surface area contributed by atoms with E-state index in [9.17, 15) is 9.90 Å². The van der Waals surface area contributed by atoms with Crippen molar-refractivity contribution in [3.63, 3.8) is 0 Å². The number of anilines is 1. The van der Waals surface area contributed by atoms with Crippen LogP contribution < -0.4 is 5.32 Å². The van der Waals surface area contributed by atoms with Crippen LogP contribution in [0.1, 0.15) is 45.7 Å². The number of hydrogen-bond donors (Lipinski definition) is 2. The van der Waals surface area contributed by atoms with Crippen LogP contribution in [0.5, 0.6) is 0 Å². The molecule has 114 valence electrons. The lowest BCUT2D eigenvalue weighted by Crippen LogP contribution is -2.43. The van der Waals surface area contributed by atoms with Crippen molar-refractivity contribution in [3.05, 3.63) is 23.9 Å². The fraction of sp³-hybridized carbons (Fsp3) is 0.647. The van der Waals surface area contributed by atoms with Crippen LogP contribution in [0.15, 0.2) is 18.2 Å². The summed E-state index contributed by atoms with van der Waals surface area (Å²) in [5.41, 5.74) is -0.00289. The molecule has 4 nitrogen and oxygen atoms in total. The van der Waals surface area contributed by atoms with Gasteiger partial charge in [-0.3, -0.25) is 4.79 Å². The summed E-state index contributed by atoms with van der Waals surface area (Å²) in [7, 11) is 0. The second kappa shape index (κ2) is 4.29. The molecule has 0 spiro atoms. The van der Waals surface area contributed by atoms with Crippen LogP contribution in [0.2, 0.25) is 0 Å². The Balaban J connectivity index is 1.91. The molecule has 3 rings (SSSR count). The Kier molecular flexibility index (Phi) is 2.97. The van der Waals surface area contributed by atoms with Crippen molar-refractivity contribution in [1.29, 1.82) is 0 Å². The minimum atomic E-state index is -0.493. The molecule has 1 aromatic rings. The number of aryl methyl sites for hydroxylation is 1. The number of rotatable bonds is 2. The average molecular weight is 288 g/mol. The van der Waals surface area contributed by atoms with E-state index in [1.54, 1.807) is 0 Å². The zero-order valence-corrected chi connectivity index (χ0v) is 13.2. The number of hydrogen-bond acceptors (Lipinski definition) is 3. The number of amides is 1. The van der Waals surface area contributed by atoms with Crippen molar-refractivity contribution >= 4 is 11.7 Å². The van der Waals surface area contributed by atoms with E-state index >= 15 is 0 Å². The van der Waals surface area contributed by atoms with Gasteiger partial charge in [0, 0.05) is 5.69 Å². The first-order valence-corrected chi connectivity index (χ1v) is 7.66. The van der Waals surface area contributed by atoms with E-state index in [1.165, 1.54) is 0 Å². The Morgan fingerprint density at radius 1 is 1.33 bits per heavy atom. The molecular weight excluding hydrogens is 264 g/mol. The molecule has 2 aliphatic rings. The van der Waals surface area contributed by atoms with E-state index in [-0.39, 0.29) is 16.7 Å². The van der Waals surface area contributed by atoms with Crippen LogP contribution in [-0.4, -0.2) is 22.1 Å². The predicted molar refractivity (Wildman–Crippen MR) is 81.8 cm³/mol. The molecule has 0 radical (unpaired) electrons. The number of carbonyl (C=O) groups excluding carboxylic acids is 1. The van der Waals surface area contributed by atoms with E-state index < -0.39 is 11.5 Å². The van der Waals surface area contributed by atoms with E-state index in [1.807, 2.05) is 25.1 Å². The lowest BCUT2D eigenvalue weighted by molar-refractivity contribution is -0.130. The van der Waals surface area contributed by atoms with Crippen LogP contribution in [0.4, 0.5) is 5.82 Å². The summed E-state index contributed by atoms with van der Waals surface area (Å²) in [6, 6.07) is 5.61. The quantitative estimate of drug-likeness (QED) is 0.879. The number of aliphatic hydroxyl groups excluding tert-OH is 1. The van der Waals surface area contributed by atoms with Gasteiger partial charge in [-0.15, -0.1) is 0 Å². The first-order valence-electron chi connectivity index (χ1n) is 7.66. The predicted octanol–water partition coefficient (Wildman–Crippen LogP) is 2.91. The summed E-state index contributed by atoms with van der Waals surface area (Å²) in [5.74, 6) is 0.603. The van der Waals surface area contributed by atoms with Gasteiger partial charge in [0.2, 0.25) is 5.91 Å². The van der Waals surface area contributed by atoms with Gasteiger partial charge in [0.25, 0.3) is 0 Å². The van der Waals surface area contributed by atoms with Gasteiger partial charge in [0.1, 0.15) is 5.82 Å². The second-order valence-electron chi connectivity index (χ2n) is 7.46. The number of fused-ring (bicyclic) bond motifs is 2. The number of nitrogens with one attached hydrogen (secondary N) is 1. The molecule has 2 bridgehead atoms. The van der Waals surface area contributed by atoms with Gasteiger partial charge in [-0.05, 0) is 49.1 Å². The molecule has 2 saturated carbocycles. The average Bonchev–Trinajstić information content (AvgIpc) is 2.69. The highest BCUT2D eigenvalue weighted by atomic mass is 16.3.